The molecule has 4 rings (SSSR count). The molecule has 5 nitrogen and oxygen atoms in total. The summed E-state index contributed by atoms with van der Waals surface area (Å²) in [6.07, 6.45) is 1.42. The highest BCUT2D eigenvalue weighted by molar-refractivity contribution is 6.42. The number of hydrogen-bond donors (Lipinski definition) is 1. The summed E-state index contributed by atoms with van der Waals surface area (Å²) in [5, 5.41) is 15.4. The minimum atomic E-state index is -0.605. The number of fused-ring (bicyclic) bond motifs is 1. The Morgan fingerprint density at radius 1 is 0.919 bits per heavy atom. The van der Waals surface area contributed by atoms with Crippen molar-refractivity contribution in [1.29, 1.82) is 5.26 Å². The van der Waals surface area contributed by atoms with E-state index in [9.17, 15) is 10.1 Å². The second-order valence-corrected chi connectivity index (χ2v) is 9.21. The summed E-state index contributed by atoms with van der Waals surface area (Å²) in [4.78, 5) is 12.7. The smallest absolute Gasteiger partial charge is 0.266 e. The maximum atomic E-state index is 12.7. The molecule has 4 aromatic rings. The first-order valence-electron chi connectivity index (χ1n) is 11.3. The van der Waals surface area contributed by atoms with Gasteiger partial charge in [0.05, 0.1) is 21.7 Å². The number of ether oxygens (including phenoxy) is 2. The summed E-state index contributed by atoms with van der Waals surface area (Å²) < 4.78 is 11.8. The van der Waals surface area contributed by atoms with Crippen molar-refractivity contribution in [3.8, 4) is 17.6 Å². The van der Waals surface area contributed by atoms with Crippen molar-refractivity contribution in [2.75, 3.05) is 11.9 Å². The summed E-state index contributed by atoms with van der Waals surface area (Å²) in [7, 11) is 0. The van der Waals surface area contributed by atoms with Gasteiger partial charge in [0.1, 0.15) is 18.2 Å². The maximum Gasteiger partial charge on any atom is 0.266 e. The lowest BCUT2D eigenvalue weighted by atomic mass is 10.1. The molecule has 0 saturated carbocycles. The van der Waals surface area contributed by atoms with Gasteiger partial charge >= 0.3 is 0 Å². The lowest BCUT2D eigenvalue weighted by Gasteiger charge is -2.15. The molecule has 1 amide bonds. The molecule has 0 heterocycles. The van der Waals surface area contributed by atoms with E-state index in [0.717, 1.165) is 16.3 Å². The average molecular weight is 552 g/mol. The molecule has 4 aromatic carbocycles. The summed E-state index contributed by atoms with van der Waals surface area (Å²) in [5.41, 5.74) is 1.76. The largest absolute Gasteiger partial charge is 0.490 e. The Balaban J connectivity index is 1.56. The number of carbonyl (C=O) groups is 1. The number of hydrogen-bond acceptors (Lipinski definition) is 4. The van der Waals surface area contributed by atoms with Crippen LogP contribution in [0.15, 0.2) is 78.4 Å². The van der Waals surface area contributed by atoms with Crippen LogP contribution in [0.1, 0.15) is 18.1 Å². The first kappa shape index (κ1) is 26.4. The Hall–Kier alpha value is -3.69. The first-order chi connectivity index (χ1) is 17.9. The van der Waals surface area contributed by atoms with E-state index in [1.54, 1.807) is 24.3 Å². The van der Waals surface area contributed by atoms with Crippen LogP contribution in [0.3, 0.4) is 0 Å². The predicted molar refractivity (Wildman–Crippen MR) is 150 cm³/mol. The second-order valence-electron chi connectivity index (χ2n) is 7.99. The van der Waals surface area contributed by atoms with Crippen LogP contribution < -0.4 is 14.8 Å². The van der Waals surface area contributed by atoms with E-state index in [1.165, 1.54) is 12.1 Å². The Kier molecular flexibility index (Phi) is 8.58. The van der Waals surface area contributed by atoms with E-state index >= 15 is 0 Å². The Labute approximate surface area is 229 Å². The van der Waals surface area contributed by atoms with Crippen LogP contribution in [0.5, 0.6) is 11.5 Å². The van der Waals surface area contributed by atoms with Crippen molar-refractivity contribution >= 4 is 63.2 Å². The molecule has 0 aromatic heterocycles. The third kappa shape index (κ3) is 6.55. The van der Waals surface area contributed by atoms with E-state index in [1.807, 2.05) is 43.3 Å². The number of anilines is 1. The monoisotopic (exact) mass is 550 g/mol. The van der Waals surface area contributed by atoms with Crippen LogP contribution in [0, 0.1) is 11.3 Å². The zero-order valence-electron chi connectivity index (χ0n) is 19.7. The summed E-state index contributed by atoms with van der Waals surface area (Å²) in [6.45, 7) is 2.50. The SMILES string of the molecule is CCOc1cc(/C=C(\C#N)C(=O)Nc2ccc(Cl)c(Cl)c2)cc(Cl)c1OCc1ccc2ccccc2c1. The van der Waals surface area contributed by atoms with Gasteiger partial charge in [-0.1, -0.05) is 71.2 Å². The fourth-order valence-corrected chi connectivity index (χ4v) is 4.22. The molecule has 0 unspecified atom stereocenters. The summed E-state index contributed by atoms with van der Waals surface area (Å²) in [5.74, 6) is 0.184. The van der Waals surface area contributed by atoms with Gasteiger partial charge in [0.25, 0.3) is 5.91 Å². The number of nitrogens with zero attached hydrogens (tertiary/aromatic N) is 1. The molecule has 0 bridgehead atoms. The normalized spacial score (nSPS) is 11.2. The molecule has 0 aliphatic heterocycles. The number of amides is 1. The fourth-order valence-electron chi connectivity index (χ4n) is 3.65. The van der Waals surface area contributed by atoms with Crippen LogP contribution in [0.25, 0.3) is 16.8 Å². The van der Waals surface area contributed by atoms with Gasteiger partial charge in [0.15, 0.2) is 11.5 Å². The number of rotatable bonds is 8. The lowest BCUT2D eigenvalue weighted by Crippen LogP contribution is -2.13. The standard InChI is InChI=1S/C29H21Cl3N2O3/c1-2-36-27-14-19(12-22(16-33)29(35)34-23-9-10-24(30)25(31)15-23)13-26(32)28(27)37-17-18-7-8-20-5-3-4-6-21(20)11-18/h3-15H,2,17H2,1H3,(H,34,35)/b22-12+. The lowest BCUT2D eigenvalue weighted by molar-refractivity contribution is -0.112. The quantitative estimate of drug-likeness (QED) is 0.176. The van der Waals surface area contributed by atoms with Crippen LogP contribution in [-0.4, -0.2) is 12.5 Å². The first-order valence-corrected chi connectivity index (χ1v) is 12.5. The van der Waals surface area contributed by atoms with Crippen molar-refractivity contribution in [1.82, 2.24) is 0 Å². The fraction of sp³-hybridized carbons (Fsp3) is 0.103. The van der Waals surface area contributed by atoms with Gasteiger partial charge in [0.2, 0.25) is 0 Å². The molecule has 0 spiro atoms. The van der Waals surface area contributed by atoms with Crippen LogP contribution in [-0.2, 0) is 11.4 Å². The van der Waals surface area contributed by atoms with Crippen molar-refractivity contribution in [2.24, 2.45) is 0 Å². The molecule has 0 fully saturated rings. The van der Waals surface area contributed by atoms with Crippen molar-refractivity contribution < 1.29 is 14.3 Å². The second kappa shape index (κ2) is 12.0. The van der Waals surface area contributed by atoms with Gasteiger partial charge in [-0.05, 0) is 71.3 Å². The van der Waals surface area contributed by atoms with Crippen LogP contribution in [0.4, 0.5) is 5.69 Å². The zero-order valence-corrected chi connectivity index (χ0v) is 22.0. The number of nitriles is 1. The number of carbonyl (C=O) groups excluding carboxylic acids is 1. The Morgan fingerprint density at radius 2 is 1.70 bits per heavy atom. The third-order valence-corrected chi connectivity index (χ3v) is 6.40. The highest BCUT2D eigenvalue weighted by Gasteiger charge is 2.15. The van der Waals surface area contributed by atoms with E-state index in [-0.39, 0.29) is 17.2 Å². The Bertz CT molecular complexity index is 1540. The van der Waals surface area contributed by atoms with Crippen molar-refractivity contribution in [3.05, 3.63) is 105 Å². The van der Waals surface area contributed by atoms with Crippen molar-refractivity contribution in [2.45, 2.75) is 13.5 Å². The molecule has 0 aliphatic carbocycles. The van der Waals surface area contributed by atoms with Gasteiger partial charge in [-0.25, -0.2) is 0 Å². The van der Waals surface area contributed by atoms with Gasteiger partial charge in [-0.2, -0.15) is 5.26 Å². The van der Waals surface area contributed by atoms with E-state index < -0.39 is 5.91 Å². The van der Waals surface area contributed by atoms with Gasteiger partial charge < -0.3 is 14.8 Å². The Morgan fingerprint density at radius 3 is 2.43 bits per heavy atom. The minimum Gasteiger partial charge on any atom is -0.490 e. The van der Waals surface area contributed by atoms with Crippen LogP contribution in [0.2, 0.25) is 15.1 Å². The molecular formula is C29H21Cl3N2O3. The molecule has 0 aliphatic rings. The molecule has 186 valence electrons. The molecule has 0 atom stereocenters. The number of nitrogens with one attached hydrogen (secondary N) is 1. The number of halogens is 3. The minimum absolute atomic E-state index is 0.130. The van der Waals surface area contributed by atoms with Gasteiger partial charge in [-0.15, -0.1) is 0 Å². The van der Waals surface area contributed by atoms with E-state index in [4.69, 9.17) is 44.3 Å². The maximum absolute atomic E-state index is 12.7. The molecule has 1 N–H and O–H groups in total. The zero-order chi connectivity index (χ0) is 26.4. The van der Waals surface area contributed by atoms with E-state index in [2.05, 4.69) is 17.4 Å². The van der Waals surface area contributed by atoms with Crippen molar-refractivity contribution in [3.63, 3.8) is 0 Å². The van der Waals surface area contributed by atoms with E-state index in [0.29, 0.717) is 39.4 Å². The highest BCUT2D eigenvalue weighted by atomic mass is 35.5. The van der Waals surface area contributed by atoms with Gasteiger partial charge in [-0.3, -0.25) is 4.79 Å². The topological polar surface area (TPSA) is 71.3 Å². The summed E-state index contributed by atoms with van der Waals surface area (Å²) >= 11 is 18.5. The predicted octanol–water partition coefficient (Wildman–Crippen LogP) is 8.32. The number of benzene rings is 4. The molecule has 8 heteroatoms. The molecule has 0 radical (unpaired) electrons. The average Bonchev–Trinajstić information content (AvgIpc) is 2.89. The molecular weight excluding hydrogens is 531 g/mol. The highest BCUT2D eigenvalue weighted by Crippen LogP contribution is 2.38. The molecule has 37 heavy (non-hydrogen) atoms. The summed E-state index contributed by atoms with van der Waals surface area (Å²) in [6, 6.07) is 24.0. The van der Waals surface area contributed by atoms with Crippen LogP contribution >= 0.6 is 34.8 Å². The van der Waals surface area contributed by atoms with Gasteiger partial charge in [0, 0.05) is 5.69 Å². The third-order valence-electron chi connectivity index (χ3n) is 5.38. The molecule has 0 saturated heterocycles.